The Morgan fingerprint density at radius 3 is 3.00 bits per heavy atom. The molecule has 0 atom stereocenters. The van der Waals surface area contributed by atoms with Gasteiger partial charge in [-0.2, -0.15) is 0 Å². The topological polar surface area (TPSA) is 43.3 Å². The van der Waals surface area contributed by atoms with Crippen molar-refractivity contribution in [2.45, 2.75) is 25.3 Å². The normalized spacial score (nSPS) is 16.4. The van der Waals surface area contributed by atoms with Gasteiger partial charge in [0.25, 0.3) is 0 Å². The molecular formula is C11H13N3. The maximum atomic E-state index is 5.58. The molecule has 2 heterocycles. The highest BCUT2D eigenvalue weighted by atomic mass is 15.0. The van der Waals surface area contributed by atoms with Crippen LogP contribution in [0, 0.1) is 0 Å². The fraction of sp³-hybridized carbons (Fsp3) is 0.364. The molecule has 1 saturated carbocycles. The van der Waals surface area contributed by atoms with Crippen LogP contribution in [0.3, 0.4) is 0 Å². The number of pyridine rings is 1. The number of hydrogen-bond acceptors (Lipinski definition) is 2. The zero-order valence-electron chi connectivity index (χ0n) is 7.98. The van der Waals surface area contributed by atoms with Gasteiger partial charge in [0.1, 0.15) is 5.65 Å². The molecule has 14 heavy (non-hydrogen) atoms. The molecule has 72 valence electrons. The van der Waals surface area contributed by atoms with Crippen LogP contribution >= 0.6 is 0 Å². The zero-order chi connectivity index (χ0) is 9.54. The van der Waals surface area contributed by atoms with Gasteiger partial charge < -0.3 is 10.1 Å². The molecule has 2 aromatic rings. The molecule has 0 aromatic carbocycles. The van der Waals surface area contributed by atoms with Crippen molar-refractivity contribution in [1.82, 2.24) is 9.38 Å². The maximum absolute atomic E-state index is 5.58. The Kier molecular flexibility index (Phi) is 1.61. The first-order valence-electron chi connectivity index (χ1n) is 5.05. The van der Waals surface area contributed by atoms with Gasteiger partial charge in [-0.05, 0) is 30.9 Å². The van der Waals surface area contributed by atoms with E-state index in [4.69, 9.17) is 5.73 Å². The Morgan fingerprint density at radius 1 is 1.43 bits per heavy atom. The van der Waals surface area contributed by atoms with E-state index < -0.39 is 0 Å². The second kappa shape index (κ2) is 2.82. The second-order valence-corrected chi connectivity index (χ2v) is 3.89. The first-order chi connectivity index (χ1) is 6.88. The molecule has 0 radical (unpaired) electrons. The van der Waals surface area contributed by atoms with Crippen molar-refractivity contribution in [3.63, 3.8) is 0 Å². The fourth-order valence-corrected chi connectivity index (χ4v) is 1.89. The van der Waals surface area contributed by atoms with E-state index in [2.05, 4.69) is 27.7 Å². The fourth-order valence-electron chi connectivity index (χ4n) is 1.89. The number of rotatable bonds is 2. The Hall–Kier alpha value is -1.35. The summed E-state index contributed by atoms with van der Waals surface area (Å²) in [6.45, 7) is 0.520. The lowest BCUT2D eigenvalue weighted by Crippen LogP contribution is -1.95. The molecule has 1 fully saturated rings. The van der Waals surface area contributed by atoms with Crippen molar-refractivity contribution in [1.29, 1.82) is 0 Å². The van der Waals surface area contributed by atoms with Gasteiger partial charge in [0.15, 0.2) is 0 Å². The van der Waals surface area contributed by atoms with Gasteiger partial charge in [0.05, 0.1) is 5.69 Å². The lowest BCUT2D eigenvalue weighted by atomic mass is 10.2. The minimum Gasteiger partial charge on any atom is -0.325 e. The predicted octanol–water partition coefficient (Wildman–Crippen LogP) is 1.67. The summed E-state index contributed by atoms with van der Waals surface area (Å²) in [4.78, 5) is 4.44. The number of nitrogens with two attached hydrogens (primary N) is 1. The molecule has 2 aromatic heterocycles. The van der Waals surface area contributed by atoms with E-state index in [0.717, 1.165) is 17.3 Å². The van der Waals surface area contributed by atoms with Crippen molar-refractivity contribution in [2.24, 2.45) is 5.73 Å². The summed E-state index contributed by atoms with van der Waals surface area (Å²) in [5.41, 5.74) is 8.96. The summed E-state index contributed by atoms with van der Waals surface area (Å²) in [5, 5.41) is 0. The molecule has 0 aliphatic heterocycles. The van der Waals surface area contributed by atoms with Crippen molar-refractivity contribution < 1.29 is 0 Å². The maximum Gasteiger partial charge on any atom is 0.137 e. The number of nitrogens with zero attached hydrogens (tertiary/aromatic N) is 2. The van der Waals surface area contributed by atoms with Crippen LogP contribution in [0.4, 0.5) is 0 Å². The van der Waals surface area contributed by atoms with Crippen LogP contribution in [0.2, 0.25) is 0 Å². The second-order valence-electron chi connectivity index (χ2n) is 3.89. The van der Waals surface area contributed by atoms with E-state index in [1.54, 1.807) is 0 Å². The molecule has 0 spiro atoms. The molecular weight excluding hydrogens is 174 g/mol. The highest BCUT2D eigenvalue weighted by molar-refractivity contribution is 5.43. The molecule has 1 aliphatic carbocycles. The third-order valence-corrected chi connectivity index (χ3v) is 2.78. The van der Waals surface area contributed by atoms with Crippen LogP contribution in [0.5, 0.6) is 0 Å². The van der Waals surface area contributed by atoms with Crippen LogP contribution in [-0.4, -0.2) is 9.38 Å². The standard InChI is InChI=1S/C11H13N3/c12-6-9-7-14-10(8-4-5-8)2-1-3-11(14)13-9/h1-3,7-8H,4-6,12H2. The van der Waals surface area contributed by atoms with Crippen molar-refractivity contribution in [2.75, 3.05) is 0 Å². The number of fused-ring (bicyclic) bond motifs is 1. The highest BCUT2D eigenvalue weighted by Gasteiger charge is 2.25. The van der Waals surface area contributed by atoms with Crippen LogP contribution in [0.15, 0.2) is 24.4 Å². The molecule has 3 heteroatoms. The lowest BCUT2D eigenvalue weighted by Gasteiger charge is -2.01. The summed E-state index contributed by atoms with van der Waals surface area (Å²) in [6, 6.07) is 6.30. The Labute approximate surface area is 82.6 Å². The number of hydrogen-bond donors (Lipinski definition) is 1. The number of aromatic nitrogens is 2. The van der Waals surface area contributed by atoms with E-state index in [9.17, 15) is 0 Å². The summed E-state index contributed by atoms with van der Waals surface area (Å²) in [6.07, 6.45) is 4.69. The highest BCUT2D eigenvalue weighted by Crippen LogP contribution is 2.39. The molecule has 3 nitrogen and oxygen atoms in total. The lowest BCUT2D eigenvalue weighted by molar-refractivity contribution is 0.961. The summed E-state index contributed by atoms with van der Waals surface area (Å²) in [5.74, 6) is 0.749. The third kappa shape index (κ3) is 1.13. The van der Waals surface area contributed by atoms with Crippen LogP contribution in [0.25, 0.3) is 5.65 Å². The minimum absolute atomic E-state index is 0.520. The third-order valence-electron chi connectivity index (χ3n) is 2.78. The van der Waals surface area contributed by atoms with E-state index in [1.807, 2.05) is 6.07 Å². The van der Waals surface area contributed by atoms with Gasteiger partial charge in [-0.1, -0.05) is 6.07 Å². The Morgan fingerprint density at radius 2 is 2.29 bits per heavy atom. The Balaban J connectivity index is 2.23. The van der Waals surface area contributed by atoms with E-state index >= 15 is 0 Å². The molecule has 0 saturated heterocycles. The minimum atomic E-state index is 0.520. The average molecular weight is 187 g/mol. The Bertz CT molecular complexity index is 468. The summed E-state index contributed by atoms with van der Waals surface area (Å²) < 4.78 is 2.18. The van der Waals surface area contributed by atoms with E-state index in [-0.39, 0.29) is 0 Å². The quantitative estimate of drug-likeness (QED) is 0.777. The zero-order valence-corrected chi connectivity index (χ0v) is 7.98. The first kappa shape index (κ1) is 8.00. The molecule has 2 N–H and O–H groups in total. The van der Waals surface area contributed by atoms with E-state index in [1.165, 1.54) is 18.5 Å². The van der Waals surface area contributed by atoms with Crippen molar-refractivity contribution in [3.8, 4) is 0 Å². The largest absolute Gasteiger partial charge is 0.325 e. The molecule has 3 rings (SSSR count). The number of imidazole rings is 1. The average Bonchev–Trinajstić information content (AvgIpc) is 2.96. The molecule has 0 unspecified atom stereocenters. The van der Waals surface area contributed by atoms with Gasteiger partial charge in [-0.25, -0.2) is 4.98 Å². The monoisotopic (exact) mass is 187 g/mol. The molecule has 0 amide bonds. The predicted molar refractivity (Wildman–Crippen MR) is 55.1 cm³/mol. The first-order valence-corrected chi connectivity index (χ1v) is 5.05. The SMILES string of the molecule is NCc1cn2c(C3CC3)cccc2n1. The van der Waals surface area contributed by atoms with Crippen LogP contribution < -0.4 is 5.73 Å². The van der Waals surface area contributed by atoms with Gasteiger partial charge in [0, 0.05) is 18.4 Å². The van der Waals surface area contributed by atoms with Crippen LogP contribution in [0.1, 0.15) is 30.1 Å². The summed E-state index contributed by atoms with van der Waals surface area (Å²) >= 11 is 0. The summed E-state index contributed by atoms with van der Waals surface area (Å²) in [7, 11) is 0. The van der Waals surface area contributed by atoms with E-state index in [0.29, 0.717) is 6.54 Å². The smallest absolute Gasteiger partial charge is 0.137 e. The molecule has 0 bridgehead atoms. The van der Waals surface area contributed by atoms with Gasteiger partial charge in [-0.3, -0.25) is 0 Å². The van der Waals surface area contributed by atoms with Gasteiger partial charge in [-0.15, -0.1) is 0 Å². The molecule has 1 aliphatic rings. The van der Waals surface area contributed by atoms with Gasteiger partial charge >= 0.3 is 0 Å². The van der Waals surface area contributed by atoms with Crippen LogP contribution in [-0.2, 0) is 6.54 Å². The van der Waals surface area contributed by atoms with Crippen molar-refractivity contribution >= 4 is 5.65 Å². The van der Waals surface area contributed by atoms with Gasteiger partial charge in [0.2, 0.25) is 0 Å². The van der Waals surface area contributed by atoms with Crippen molar-refractivity contribution in [3.05, 3.63) is 35.8 Å².